The molecule has 0 spiro atoms. The van der Waals surface area contributed by atoms with Gasteiger partial charge in [0.15, 0.2) is 0 Å². The minimum Gasteiger partial charge on any atom is -0.497 e. The largest absolute Gasteiger partial charge is 0.497 e. The third kappa shape index (κ3) is 4.58. The zero-order chi connectivity index (χ0) is 25.9. The molecule has 0 N–H and O–H groups in total. The zero-order valence-corrected chi connectivity index (χ0v) is 21.9. The highest BCUT2D eigenvalue weighted by molar-refractivity contribution is 7.00. The van der Waals surface area contributed by atoms with Gasteiger partial charge in [-0.05, 0) is 67.9 Å². The molecule has 2 aromatic heterocycles. The number of carbonyl (C=O) groups excluding carboxylic acids is 1. The van der Waals surface area contributed by atoms with Gasteiger partial charge in [0.05, 0.1) is 45.7 Å². The van der Waals surface area contributed by atoms with Crippen molar-refractivity contribution in [3.05, 3.63) is 65.9 Å². The number of hydrogen-bond acceptors (Lipinski definition) is 8. The van der Waals surface area contributed by atoms with Gasteiger partial charge in [0.2, 0.25) is 0 Å². The normalized spacial score (nSPS) is 11.1. The van der Waals surface area contributed by atoms with Crippen LogP contribution in [0.4, 0.5) is 0 Å². The van der Waals surface area contributed by atoms with Crippen LogP contribution in [0.3, 0.4) is 0 Å². The van der Waals surface area contributed by atoms with Crippen molar-refractivity contribution in [2.75, 3.05) is 27.4 Å². The van der Waals surface area contributed by atoms with Gasteiger partial charge in [0.25, 0.3) is 0 Å². The van der Waals surface area contributed by atoms with Gasteiger partial charge in [-0.3, -0.25) is 0 Å². The first-order valence-corrected chi connectivity index (χ1v) is 12.7. The Morgan fingerprint density at radius 3 is 2.46 bits per heavy atom. The number of benzene rings is 3. The van der Waals surface area contributed by atoms with E-state index in [9.17, 15) is 4.79 Å². The minimum atomic E-state index is -0.412. The molecule has 2 heterocycles. The summed E-state index contributed by atoms with van der Waals surface area (Å²) in [6, 6.07) is 17.3. The summed E-state index contributed by atoms with van der Waals surface area (Å²) in [5.74, 6) is 1.70. The molecule has 0 unspecified atom stereocenters. The van der Waals surface area contributed by atoms with Crippen LogP contribution in [0.25, 0.3) is 33.1 Å². The van der Waals surface area contributed by atoms with Gasteiger partial charge in [-0.15, -0.1) is 0 Å². The molecule has 37 heavy (non-hydrogen) atoms. The lowest BCUT2D eigenvalue weighted by molar-refractivity contribution is 0.0516. The van der Waals surface area contributed by atoms with E-state index >= 15 is 0 Å². The average molecular weight is 518 g/mol. The molecule has 5 aromatic rings. The van der Waals surface area contributed by atoms with Crippen LogP contribution in [0, 0.1) is 0 Å². The molecule has 0 aliphatic carbocycles. The van der Waals surface area contributed by atoms with Gasteiger partial charge in [-0.2, -0.15) is 8.75 Å². The quantitative estimate of drug-likeness (QED) is 0.223. The molecule has 0 aliphatic heterocycles. The number of aromatic nitrogens is 3. The Bertz CT molecular complexity index is 1590. The summed E-state index contributed by atoms with van der Waals surface area (Å²) in [4.78, 5) is 13.6. The molecule has 8 nitrogen and oxygen atoms in total. The summed E-state index contributed by atoms with van der Waals surface area (Å²) < 4.78 is 33.2. The summed E-state index contributed by atoms with van der Waals surface area (Å²) >= 11 is 1.16. The summed E-state index contributed by atoms with van der Waals surface area (Å²) in [6.45, 7) is 4.89. The maximum absolute atomic E-state index is 13.6. The van der Waals surface area contributed by atoms with E-state index in [1.165, 1.54) is 0 Å². The molecule has 0 bridgehead atoms. The van der Waals surface area contributed by atoms with Gasteiger partial charge in [-0.25, -0.2) is 4.79 Å². The summed E-state index contributed by atoms with van der Waals surface area (Å²) in [7, 11) is 3.25. The van der Waals surface area contributed by atoms with Gasteiger partial charge in [0.1, 0.15) is 34.0 Å². The number of ether oxygens (including phenoxy) is 4. The van der Waals surface area contributed by atoms with Crippen molar-refractivity contribution >= 4 is 39.6 Å². The van der Waals surface area contributed by atoms with Crippen LogP contribution in [-0.2, 0) is 11.3 Å². The molecule has 0 amide bonds. The maximum atomic E-state index is 13.6. The van der Waals surface area contributed by atoms with Gasteiger partial charge in [0, 0.05) is 22.0 Å². The number of fused-ring (bicyclic) bond motifs is 2. The molecule has 0 radical (unpaired) electrons. The van der Waals surface area contributed by atoms with Crippen molar-refractivity contribution in [1.82, 2.24) is 13.3 Å². The van der Waals surface area contributed by atoms with Crippen LogP contribution in [-0.4, -0.2) is 46.7 Å². The fourth-order valence-corrected chi connectivity index (χ4v) is 5.09. The Labute approximate surface area is 218 Å². The van der Waals surface area contributed by atoms with Crippen molar-refractivity contribution in [3.63, 3.8) is 0 Å². The minimum absolute atomic E-state index is 0.252. The van der Waals surface area contributed by atoms with E-state index in [0.717, 1.165) is 56.1 Å². The molecule has 0 fully saturated rings. The van der Waals surface area contributed by atoms with E-state index < -0.39 is 5.97 Å². The second-order valence-corrected chi connectivity index (χ2v) is 8.82. The van der Waals surface area contributed by atoms with Crippen LogP contribution in [0.15, 0.2) is 54.6 Å². The highest BCUT2D eigenvalue weighted by Gasteiger charge is 2.26. The lowest BCUT2D eigenvalue weighted by atomic mass is 10.0. The van der Waals surface area contributed by atoms with E-state index in [1.54, 1.807) is 21.1 Å². The Balaban J connectivity index is 1.81. The van der Waals surface area contributed by atoms with Crippen LogP contribution >= 0.6 is 11.7 Å². The van der Waals surface area contributed by atoms with E-state index in [0.29, 0.717) is 30.3 Å². The van der Waals surface area contributed by atoms with E-state index in [-0.39, 0.29) is 6.61 Å². The molecule has 3 aromatic carbocycles. The Morgan fingerprint density at radius 2 is 1.70 bits per heavy atom. The monoisotopic (exact) mass is 517 g/mol. The van der Waals surface area contributed by atoms with Crippen LogP contribution < -0.4 is 14.2 Å². The molecule has 9 heteroatoms. The van der Waals surface area contributed by atoms with E-state index in [2.05, 4.69) is 8.75 Å². The number of rotatable bonds is 9. The Morgan fingerprint density at radius 1 is 0.892 bits per heavy atom. The average Bonchev–Trinajstić information content (AvgIpc) is 3.51. The molecular formula is C28H27N3O5S. The van der Waals surface area contributed by atoms with Crippen molar-refractivity contribution in [2.24, 2.45) is 0 Å². The maximum Gasteiger partial charge on any atom is 0.355 e. The SMILES string of the molecule is CCOC(=O)c1c(-c2ccc3nsnc3c2)c2cc(OCC)ccc2n1Cc1cc(OC)ccc1OC. The van der Waals surface area contributed by atoms with E-state index in [1.807, 2.05) is 66.1 Å². The van der Waals surface area contributed by atoms with Crippen molar-refractivity contribution < 1.29 is 23.7 Å². The smallest absolute Gasteiger partial charge is 0.355 e. The number of hydrogen-bond donors (Lipinski definition) is 0. The third-order valence-corrected chi connectivity index (χ3v) is 6.73. The second kappa shape index (κ2) is 10.5. The van der Waals surface area contributed by atoms with Crippen LogP contribution in [0.1, 0.15) is 29.9 Å². The summed E-state index contributed by atoms with van der Waals surface area (Å²) in [5.41, 5.74) is 5.36. The van der Waals surface area contributed by atoms with Crippen molar-refractivity contribution in [2.45, 2.75) is 20.4 Å². The number of methoxy groups -OCH3 is 2. The molecule has 0 saturated carbocycles. The zero-order valence-electron chi connectivity index (χ0n) is 21.1. The first-order chi connectivity index (χ1) is 18.1. The first kappa shape index (κ1) is 24.6. The molecule has 190 valence electrons. The lowest BCUT2D eigenvalue weighted by Crippen LogP contribution is -2.14. The van der Waals surface area contributed by atoms with Crippen LogP contribution in [0.5, 0.6) is 17.2 Å². The molecule has 0 aliphatic rings. The Hall–Kier alpha value is -4.11. The van der Waals surface area contributed by atoms with Crippen molar-refractivity contribution in [1.29, 1.82) is 0 Å². The predicted octanol–water partition coefficient (Wildman–Crippen LogP) is 5.95. The number of esters is 1. The van der Waals surface area contributed by atoms with Gasteiger partial charge >= 0.3 is 5.97 Å². The van der Waals surface area contributed by atoms with E-state index in [4.69, 9.17) is 18.9 Å². The first-order valence-electron chi connectivity index (χ1n) is 12.0. The van der Waals surface area contributed by atoms with Gasteiger partial charge < -0.3 is 23.5 Å². The third-order valence-electron chi connectivity index (χ3n) is 6.17. The number of nitrogens with zero attached hydrogens (tertiary/aromatic N) is 3. The molecule has 5 rings (SSSR count). The topological polar surface area (TPSA) is 84.7 Å². The summed E-state index contributed by atoms with van der Waals surface area (Å²) in [5, 5.41) is 0.874. The Kier molecular flexibility index (Phi) is 6.96. The lowest BCUT2D eigenvalue weighted by Gasteiger charge is -2.15. The predicted molar refractivity (Wildman–Crippen MR) is 144 cm³/mol. The van der Waals surface area contributed by atoms with Crippen molar-refractivity contribution in [3.8, 4) is 28.4 Å². The fourth-order valence-electron chi connectivity index (χ4n) is 4.57. The highest BCUT2D eigenvalue weighted by Crippen LogP contribution is 2.39. The standard InChI is InChI=1S/C28H27N3O5S/c1-5-35-20-8-11-24-21(15-20)26(17-7-10-22-23(14-17)30-37-29-22)27(28(32)36-6-2)31(24)16-18-13-19(33-3)9-12-25(18)34-4/h7-15H,5-6,16H2,1-4H3. The number of carbonyl (C=O) groups is 1. The molecule has 0 atom stereocenters. The summed E-state index contributed by atoms with van der Waals surface area (Å²) in [6.07, 6.45) is 0. The molecule has 0 saturated heterocycles. The molecular weight excluding hydrogens is 490 g/mol. The van der Waals surface area contributed by atoms with Crippen LogP contribution in [0.2, 0.25) is 0 Å². The van der Waals surface area contributed by atoms with Gasteiger partial charge in [-0.1, -0.05) is 6.07 Å². The second-order valence-electron chi connectivity index (χ2n) is 8.29. The fraction of sp³-hybridized carbons (Fsp3) is 0.250. The highest BCUT2D eigenvalue weighted by atomic mass is 32.1.